The number of aliphatic hydroxyl groups is 2. The Hall–Kier alpha value is -3.08. The minimum atomic E-state index is -0.445. The number of methoxy groups -OCH3 is 2. The van der Waals surface area contributed by atoms with Crippen LogP contribution in [-0.2, 0) is 5.41 Å². The largest absolute Gasteiger partial charge is 0.497 e. The van der Waals surface area contributed by atoms with E-state index in [1.54, 1.807) is 14.2 Å². The van der Waals surface area contributed by atoms with Crippen molar-refractivity contribution in [3.05, 3.63) is 108 Å². The molecule has 0 saturated carbocycles. The average Bonchev–Trinajstić information content (AvgIpc) is 2.81. The van der Waals surface area contributed by atoms with Crippen molar-refractivity contribution in [2.24, 2.45) is 0 Å². The van der Waals surface area contributed by atoms with Crippen molar-refractivity contribution in [1.29, 1.82) is 0 Å². The van der Waals surface area contributed by atoms with E-state index in [0.29, 0.717) is 0 Å². The van der Waals surface area contributed by atoms with Gasteiger partial charge in [0, 0.05) is 0 Å². The van der Waals surface area contributed by atoms with Gasteiger partial charge in [-0.15, -0.1) is 6.58 Å². The van der Waals surface area contributed by atoms with Crippen LogP contribution in [0.25, 0.3) is 0 Å². The first-order chi connectivity index (χ1) is 14.2. The van der Waals surface area contributed by atoms with Crippen molar-refractivity contribution < 1.29 is 19.7 Å². The van der Waals surface area contributed by atoms with Gasteiger partial charge in [0.15, 0.2) is 0 Å². The van der Waals surface area contributed by atoms with Crippen LogP contribution in [0.1, 0.15) is 16.7 Å². The van der Waals surface area contributed by atoms with E-state index in [1.807, 2.05) is 36.4 Å². The summed E-state index contributed by atoms with van der Waals surface area (Å²) in [5.41, 5.74) is 3.00. The smallest absolute Gasteiger partial charge is 0.118 e. The summed E-state index contributed by atoms with van der Waals surface area (Å²) in [6.07, 6.45) is 2.01. The zero-order valence-corrected chi connectivity index (χ0v) is 16.9. The summed E-state index contributed by atoms with van der Waals surface area (Å²) in [7, 11) is 3.35. The zero-order valence-electron chi connectivity index (χ0n) is 16.9. The molecule has 4 heteroatoms. The third-order valence-corrected chi connectivity index (χ3v) is 4.73. The highest BCUT2D eigenvalue weighted by Crippen LogP contribution is 2.41. The SMILES string of the molecule is C=CC(c1ccccc1)(c1ccc(OC)cc1)c1ccc(OC)cc1.OCCO. The van der Waals surface area contributed by atoms with Gasteiger partial charge >= 0.3 is 0 Å². The highest BCUT2D eigenvalue weighted by atomic mass is 16.5. The predicted octanol–water partition coefficient (Wildman–Crippen LogP) is 4.20. The Labute approximate surface area is 172 Å². The number of allylic oxidation sites excluding steroid dienone is 1. The van der Waals surface area contributed by atoms with Crippen molar-refractivity contribution >= 4 is 0 Å². The number of ether oxygens (including phenoxy) is 2. The molecule has 0 aromatic heterocycles. The maximum atomic E-state index is 7.62. The molecule has 0 aliphatic carbocycles. The van der Waals surface area contributed by atoms with Crippen LogP contribution in [0.3, 0.4) is 0 Å². The van der Waals surface area contributed by atoms with Crippen molar-refractivity contribution in [3.63, 3.8) is 0 Å². The van der Waals surface area contributed by atoms with Crippen molar-refractivity contribution in [2.75, 3.05) is 27.4 Å². The first kappa shape index (κ1) is 22.2. The van der Waals surface area contributed by atoms with Gasteiger partial charge in [0.2, 0.25) is 0 Å². The first-order valence-electron chi connectivity index (χ1n) is 9.36. The molecule has 0 unspecified atom stereocenters. The molecule has 3 aromatic rings. The topological polar surface area (TPSA) is 58.9 Å². The minimum absolute atomic E-state index is 0.125. The summed E-state index contributed by atoms with van der Waals surface area (Å²) in [6.45, 7) is 3.94. The standard InChI is InChI=1S/C23H22O2.C2H6O2/c1-4-23(18-8-6-5-7-9-18,19-10-14-21(24-2)15-11-19)20-12-16-22(25-3)17-13-20;3-1-2-4/h4-17H,1H2,2-3H3;3-4H,1-2H2. The van der Waals surface area contributed by atoms with Gasteiger partial charge in [0.05, 0.1) is 32.8 Å². The molecule has 152 valence electrons. The summed E-state index contributed by atoms with van der Waals surface area (Å²) >= 11 is 0. The molecule has 0 spiro atoms. The number of hydrogen-bond acceptors (Lipinski definition) is 4. The lowest BCUT2D eigenvalue weighted by Gasteiger charge is -2.33. The molecule has 29 heavy (non-hydrogen) atoms. The van der Waals surface area contributed by atoms with Gasteiger partial charge in [-0.05, 0) is 41.0 Å². The molecule has 0 amide bonds. The maximum absolute atomic E-state index is 7.62. The number of rotatable bonds is 7. The zero-order chi connectivity index (χ0) is 21.1. The molecule has 0 aliphatic rings. The van der Waals surface area contributed by atoms with Gasteiger partial charge < -0.3 is 19.7 Å². The molecule has 4 nitrogen and oxygen atoms in total. The summed E-state index contributed by atoms with van der Waals surface area (Å²) in [5.74, 6) is 1.68. The summed E-state index contributed by atoms with van der Waals surface area (Å²) < 4.78 is 10.6. The van der Waals surface area contributed by atoms with Crippen LogP contribution in [0, 0.1) is 0 Å². The highest BCUT2D eigenvalue weighted by molar-refractivity contribution is 5.55. The van der Waals surface area contributed by atoms with Crippen LogP contribution in [-0.4, -0.2) is 37.6 Å². The lowest BCUT2D eigenvalue weighted by molar-refractivity contribution is 0.186. The lowest BCUT2D eigenvalue weighted by Crippen LogP contribution is -2.26. The molecular formula is C25H28O4. The predicted molar refractivity (Wildman–Crippen MR) is 117 cm³/mol. The molecule has 2 N–H and O–H groups in total. The number of hydrogen-bond donors (Lipinski definition) is 2. The van der Waals surface area contributed by atoms with E-state index in [4.69, 9.17) is 19.7 Å². The molecule has 3 aromatic carbocycles. The van der Waals surface area contributed by atoms with Crippen molar-refractivity contribution in [3.8, 4) is 11.5 Å². The third kappa shape index (κ3) is 5.05. The van der Waals surface area contributed by atoms with Gasteiger partial charge in [0.25, 0.3) is 0 Å². The van der Waals surface area contributed by atoms with Crippen molar-refractivity contribution in [1.82, 2.24) is 0 Å². The Morgan fingerprint density at radius 2 is 1.07 bits per heavy atom. The van der Waals surface area contributed by atoms with Crippen LogP contribution in [0.4, 0.5) is 0 Å². The van der Waals surface area contributed by atoms with E-state index in [2.05, 4.69) is 55.1 Å². The number of benzene rings is 3. The molecule has 0 aliphatic heterocycles. The second kappa shape index (κ2) is 11.1. The molecule has 3 rings (SSSR count). The highest BCUT2D eigenvalue weighted by Gasteiger charge is 2.33. The quantitative estimate of drug-likeness (QED) is 0.467. The molecule has 0 bridgehead atoms. The van der Waals surface area contributed by atoms with Crippen LogP contribution in [0.15, 0.2) is 91.5 Å². The van der Waals surface area contributed by atoms with Gasteiger partial charge in [0.1, 0.15) is 11.5 Å². The molecule has 0 fully saturated rings. The molecule has 0 saturated heterocycles. The Bertz CT molecular complexity index is 806. The Morgan fingerprint density at radius 1 is 0.690 bits per heavy atom. The normalized spacial score (nSPS) is 10.5. The van der Waals surface area contributed by atoms with Crippen LogP contribution in [0.5, 0.6) is 11.5 Å². The minimum Gasteiger partial charge on any atom is -0.497 e. The van der Waals surface area contributed by atoms with Gasteiger partial charge in [-0.25, -0.2) is 0 Å². The van der Waals surface area contributed by atoms with Gasteiger partial charge in [-0.2, -0.15) is 0 Å². The first-order valence-corrected chi connectivity index (χ1v) is 9.36. The third-order valence-electron chi connectivity index (χ3n) is 4.73. The number of aliphatic hydroxyl groups excluding tert-OH is 2. The fraction of sp³-hybridized carbons (Fsp3) is 0.200. The molecule has 0 atom stereocenters. The Kier molecular flexibility index (Phi) is 8.46. The fourth-order valence-corrected chi connectivity index (χ4v) is 3.26. The van der Waals surface area contributed by atoms with Crippen LogP contribution >= 0.6 is 0 Å². The monoisotopic (exact) mass is 392 g/mol. The summed E-state index contributed by atoms with van der Waals surface area (Å²) in [4.78, 5) is 0. The van der Waals surface area contributed by atoms with E-state index in [9.17, 15) is 0 Å². The van der Waals surface area contributed by atoms with Crippen LogP contribution < -0.4 is 9.47 Å². The Balaban J connectivity index is 0.000000687. The average molecular weight is 392 g/mol. The van der Waals surface area contributed by atoms with E-state index in [1.165, 1.54) is 5.56 Å². The van der Waals surface area contributed by atoms with Gasteiger partial charge in [-0.1, -0.05) is 60.7 Å². The second-order valence-corrected chi connectivity index (χ2v) is 6.28. The lowest BCUT2D eigenvalue weighted by atomic mass is 9.69. The van der Waals surface area contributed by atoms with E-state index < -0.39 is 5.41 Å². The van der Waals surface area contributed by atoms with Crippen LogP contribution in [0.2, 0.25) is 0 Å². The molecule has 0 radical (unpaired) electrons. The maximum Gasteiger partial charge on any atom is 0.118 e. The summed E-state index contributed by atoms with van der Waals surface area (Å²) in [6, 6.07) is 26.7. The summed E-state index contributed by atoms with van der Waals surface area (Å²) in [5, 5.41) is 15.2. The van der Waals surface area contributed by atoms with E-state index in [-0.39, 0.29) is 13.2 Å². The second-order valence-electron chi connectivity index (χ2n) is 6.28. The molecular weight excluding hydrogens is 364 g/mol. The van der Waals surface area contributed by atoms with Crippen molar-refractivity contribution in [2.45, 2.75) is 5.41 Å². The van der Waals surface area contributed by atoms with E-state index in [0.717, 1.165) is 22.6 Å². The fourth-order valence-electron chi connectivity index (χ4n) is 3.26. The Morgan fingerprint density at radius 3 is 1.38 bits per heavy atom. The van der Waals surface area contributed by atoms with E-state index >= 15 is 0 Å². The molecule has 0 heterocycles. The van der Waals surface area contributed by atoms with Gasteiger partial charge in [-0.3, -0.25) is 0 Å².